The number of nitrogens with zero attached hydrogens (tertiary/aromatic N) is 2. The first-order chi connectivity index (χ1) is 12.1. The minimum Gasteiger partial charge on any atom is -0.498 e. The fourth-order valence-electron chi connectivity index (χ4n) is 4.80. The number of oxime groups is 1. The molecule has 6 nitrogen and oxygen atoms in total. The van der Waals surface area contributed by atoms with Crippen LogP contribution in [-0.2, 0) is 14.4 Å². The van der Waals surface area contributed by atoms with Gasteiger partial charge >= 0.3 is 12.0 Å². The van der Waals surface area contributed by atoms with Crippen molar-refractivity contribution in [2.45, 2.75) is 65.9 Å². The van der Waals surface area contributed by atoms with Gasteiger partial charge in [-0.3, -0.25) is 0 Å². The van der Waals surface area contributed by atoms with E-state index in [0.717, 1.165) is 25.7 Å². The fourth-order valence-corrected chi connectivity index (χ4v) is 4.80. The Balaban J connectivity index is 2.21. The van der Waals surface area contributed by atoms with Gasteiger partial charge in [0.05, 0.1) is 6.61 Å². The summed E-state index contributed by atoms with van der Waals surface area (Å²) in [6, 6.07) is 2.82. The van der Waals surface area contributed by atoms with E-state index in [9.17, 15) is 10.0 Å². The van der Waals surface area contributed by atoms with Gasteiger partial charge in [-0.2, -0.15) is 0 Å². The highest BCUT2D eigenvalue weighted by Gasteiger charge is 2.50. The lowest BCUT2D eigenvalue weighted by molar-refractivity contribution is -0.135. The molecule has 0 bridgehead atoms. The Kier molecular flexibility index (Phi) is 7.10. The molecule has 6 heteroatoms. The molecule has 0 spiro atoms. The summed E-state index contributed by atoms with van der Waals surface area (Å²) in [5.41, 5.74) is 0.368. The molecule has 25 heavy (non-hydrogen) atoms. The van der Waals surface area contributed by atoms with Crippen LogP contribution in [0.1, 0.15) is 59.8 Å². The molecular formula is C19H30N2O4. The van der Waals surface area contributed by atoms with Gasteiger partial charge in [-0.05, 0) is 31.1 Å². The number of ether oxygens (including phenoxy) is 1. The monoisotopic (exact) mass is 350 g/mol. The van der Waals surface area contributed by atoms with E-state index < -0.39 is 5.97 Å². The topological polar surface area (TPSA) is 75.3 Å². The van der Waals surface area contributed by atoms with Crippen LogP contribution in [0.4, 0.5) is 0 Å². The molecule has 1 aliphatic heterocycles. The molecule has 0 amide bonds. The van der Waals surface area contributed by atoms with E-state index in [4.69, 9.17) is 9.57 Å². The number of carbonyl (C=O) groups excluding carboxylic acids is 1. The summed E-state index contributed by atoms with van der Waals surface area (Å²) in [5.74, 6) is 1.08. The van der Waals surface area contributed by atoms with E-state index in [1.165, 1.54) is 0 Å². The first kappa shape index (κ1) is 19.6. The van der Waals surface area contributed by atoms with Gasteiger partial charge < -0.3 is 14.8 Å². The Morgan fingerprint density at radius 1 is 1.28 bits per heavy atom. The molecule has 0 N–H and O–H groups in total. The summed E-state index contributed by atoms with van der Waals surface area (Å²) >= 11 is 0. The predicted molar refractivity (Wildman–Crippen MR) is 97.1 cm³/mol. The van der Waals surface area contributed by atoms with Crippen molar-refractivity contribution in [3.05, 3.63) is 10.2 Å². The van der Waals surface area contributed by atoms with Crippen molar-refractivity contribution in [1.82, 2.24) is 0 Å². The minimum absolute atomic E-state index is 0.0514. The van der Waals surface area contributed by atoms with Crippen LogP contribution < -0.4 is 0 Å². The largest absolute Gasteiger partial charge is 0.498 e. The Hall–Kier alpha value is -1.77. The molecule has 0 aromatic carbocycles. The van der Waals surface area contributed by atoms with Gasteiger partial charge in [0, 0.05) is 17.3 Å². The van der Waals surface area contributed by atoms with E-state index in [1.807, 2.05) is 0 Å². The predicted octanol–water partition coefficient (Wildman–Crippen LogP) is 4.24. The molecule has 0 radical (unpaired) electrons. The van der Waals surface area contributed by atoms with Gasteiger partial charge in [-0.15, -0.1) is 0 Å². The zero-order valence-corrected chi connectivity index (χ0v) is 15.7. The van der Waals surface area contributed by atoms with Crippen molar-refractivity contribution in [2.75, 3.05) is 6.61 Å². The van der Waals surface area contributed by atoms with E-state index in [1.54, 1.807) is 6.92 Å². The minimum atomic E-state index is -0.391. The average molecular weight is 350 g/mol. The third-order valence-corrected chi connectivity index (χ3v) is 5.97. The van der Waals surface area contributed by atoms with Gasteiger partial charge in [0.2, 0.25) is 0 Å². The van der Waals surface area contributed by atoms with Gasteiger partial charge in [-0.25, -0.2) is 4.79 Å². The highest BCUT2D eigenvalue weighted by Crippen LogP contribution is 2.49. The van der Waals surface area contributed by atoms with Crippen LogP contribution in [0.25, 0.3) is 5.01 Å². The second-order valence-electron chi connectivity index (χ2n) is 7.07. The first-order valence-electron chi connectivity index (χ1n) is 9.58. The molecule has 2 rings (SSSR count). The zero-order valence-electron chi connectivity index (χ0n) is 15.7. The number of carbonyl (C=O) groups is 1. The molecule has 1 fully saturated rings. The van der Waals surface area contributed by atoms with Crippen molar-refractivity contribution >= 4 is 11.7 Å². The van der Waals surface area contributed by atoms with Crippen molar-refractivity contribution in [3.63, 3.8) is 0 Å². The molecule has 1 aliphatic carbocycles. The van der Waals surface area contributed by atoms with E-state index in [2.05, 4.69) is 37.0 Å². The number of hydrogen-bond acceptors (Lipinski definition) is 5. The molecule has 1 saturated carbocycles. The third kappa shape index (κ3) is 4.08. The number of hydrogen-bond donors (Lipinski definition) is 0. The number of rotatable bonds is 6. The molecule has 0 aromatic heterocycles. The standard InChI is InChI=1S/C19H30N2O4/c1-5-12-9-13(6-2)18(14(7-3)15(12)11-20-23)17-10-16(21-25-17)19(22)24-8-4/h12-15,17-18H,5-10H2,1-4H3. The second-order valence-corrected chi connectivity index (χ2v) is 7.07. The highest BCUT2D eigenvalue weighted by molar-refractivity contribution is 6.36. The van der Waals surface area contributed by atoms with Crippen LogP contribution in [0.3, 0.4) is 0 Å². The maximum atomic E-state index is 11.9. The Morgan fingerprint density at radius 2 is 2.00 bits per heavy atom. The van der Waals surface area contributed by atoms with Crippen molar-refractivity contribution in [1.29, 1.82) is 0 Å². The van der Waals surface area contributed by atoms with E-state index in [0.29, 0.717) is 30.6 Å². The summed E-state index contributed by atoms with van der Waals surface area (Å²) in [6.07, 6.45) is 4.38. The highest BCUT2D eigenvalue weighted by atomic mass is 16.6. The smallest absolute Gasteiger partial charge is 0.356 e. The summed E-state index contributed by atoms with van der Waals surface area (Å²) in [7, 11) is 0. The molecule has 140 valence electrons. The maximum Gasteiger partial charge on any atom is 0.356 e. The van der Waals surface area contributed by atoms with Crippen molar-refractivity contribution < 1.29 is 14.4 Å². The van der Waals surface area contributed by atoms with Gasteiger partial charge in [0.1, 0.15) is 12.0 Å². The van der Waals surface area contributed by atoms with Crippen LogP contribution in [0.5, 0.6) is 0 Å². The Bertz CT molecular complexity index is 551. The lowest BCUT2D eigenvalue weighted by Crippen LogP contribution is -2.45. The van der Waals surface area contributed by atoms with Crippen LogP contribution in [-0.4, -0.2) is 24.4 Å². The average Bonchev–Trinajstić information content (AvgIpc) is 3.11. The molecule has 0 aromatic rings. The normalized spacial score (nSPS) is 34.5. The molecule has 2 aliphatic rings. The van der Waals surface area contributed by atoms with Crippen LogP contribution >= 0.6 is 0 Å². The number of esters is 1. The Morgan fingerprint density at radius 3 is 2.56 bits per heavy atom. The Labute approximate surface area is 150 Å². The van der Waals surface area contributed by atoms with Crippen molar-refractivity contribution in [3.8, 4) is 6.07 Å². The van der Waals surface area contributed by atoms with Gasteiger partial charge in [0.15, 0.2) is 5.71 Å². The van der Waals surface area contributed by atoms with Crippen LogP contribution in [0.2, 0.25) is 0 Å². The quantitative estimate of drug-likeness (QED) is 0.530. The van der Waals surface area contributed by atoms with Crippen molar-refractivity contribution in [2.24, 2.45) is 34.7 Å². The van der Waals surface area contributed by atoms with Crippen LogP contribution in [0, 0.1) is 40.9 Å². The van der Waals surface area contributed by atoms with E-state index >= 15 is 0 Å². The third-order valence-electron chi connectivity index (χ3n) is 5.97. The molecule has 1 heterocycles. The lowest BCUT2D eigenvalue weighted by Gasteiger charge is -2.45. The molecular weight excluding hydrogens is 320 g/mol. The van der Waals surface area contributed by atoms with Crippen LogP contribution in [0.15, 0.2) is 5.16 Å². The first-order valence-corrected chi connectivity index (χ1v) is 9.58. The maximum absolute atomic E-state index is 11.9. The SMILES string of the molecule is CCOC(=O)C1=NOC(C2C(CC)CC(CC)C(C#[N+][O-])C2CC)C1. The second kappa shape index (κ2) is 9.07. The summed E-state index contributed by atoms with van der Waals surface area (Å²) in [5, 5.41) is 17.9. The fraction of sp³-hybridized carbons (Fsp3) is 0.842. The molecule has 0 saturated heterocycles. The molecule has 6 unspecified atom stereocenters. The lowest BCUT2D eigenvalue weighted by atomic mass is 9.58. The zero-order chi connectivity index (χ0) is 18.4. The van der Waals surface area contributed by atoms with E-state index in [-0.39, 0.29) is 23.9 Å². The summed E-state index contributed by atoms with van der Waals surface area (Å²) in [6.45, 7) is 8.61. The van der Waals surface area contributed by atoms with Gasteiger partial charge in [0.25, 0.3) is 0 Å². The summed E-state index contributed by atoms with van der Waals surface area (Å²) < 4.78 is 5.04. The van der Waals surface area contributed by atoms with Gasteiger partial charge in [-0.1, -0.05) is 45.2 Å². The molecule has 6 atom stereocenters. The summed E-state index contributed by atoms with van der Waals surface area (Å²) in [4.78, 5) is 17.6.